The fourth-order valence-electron chi connectivity index (χ4n) is 1.51. The van der Waals surface area contributed by atoms with Gasteiger partial charge in [0.25, 0.3) is 0 Å². The van der Waals surface area contributed by atoms with Gasteiger partial charge in [-0.15, -0.1) is 0 Å². The molecule has 0 aromatic heterocycles. The van der Waals surface area contributed by atoms with Gasteiger partial charge in [-0.1, -0.05) is 28.1 Å². The Bertz CT molecular complexity index is 328. The molecule has 3 heteroatoms. The normalized spacial score (nSPS) is 12.8. The van der Waals surface area contributed by atoms with Gasteiger partial charge in [-0.2, -0.15) is 0 Å². The topological polar surface area (TPSA) is 21.3 Å². The SMILES string of the molecule is CCOC(C)CNCc1ccc(C)c(Br)c1. The molecule has 0 saturated heterocycles. The Morgan fingerprint density at radius 2 is 2.19 bits per heavy atom. The lowest BCUT2D eigenvalue weighted by molar-refractivity contribution is 0.0759. The first-order chi connectivity index (χ1) is 7.63. The summed E-state index contributed by atoms with van der Waals surface area (Å²) in [6, 6.07) is 6.44. The highest BCUT2D eigenvalue weighted by atomic mass is 79.9. The van der Waals surface area contributed by atoms with Crippen molar-refractivity contribution in [2.45, 2.75) is 33.4 Å². The molecule has 0 amide bonds. The molecule has 0 radical (unpaired) electrons. The van der Waals surface area contributed by atoms with Gasteiger partial charge in [-0.25, -0.2) is 0 Å². The minimum absolute atomic E-state index is 0.277. The van der Waals surface area contributed by atoms with Crippen molar-refractivity contribution >= 4 is 15.9 Å². The lowest BCUT2D eigenvalue weighted by Crippen LogP contribution is -2.26. The van der Waals surface area contributed by atoms with E-state index in [1.54, 1.807) is 0 Å². The van der Waals surface area contributed by atoms with E-state index < -0.39 is 0 Å². The van der Waals surface area contributed by atoms with Gasteiger partial charge in [0.2, 0.25) is 0 Å². The maximum absolute atomic E-state index is 5.45. The minimum atomic E-state index is 0.277. The van der Waals surface area contributed by atoms with E-state index in [1.807, 2.05) is 6.92 Å². The fourth-order valence-corrected chi connectivity index (χ4v) is 1.94. The van der Waals surface area contributed by atoms with E-state index in [9.17, 15) is 0 Å². The number of nitrogens with one attached hydrogen (secondary N) is 1. The average molecular weight is 286 g/mol. The summed E-state index contributed by atoms with van der Waals surface area (Å²) in [7, 11) is 0. The second kappa shape index (κ2) is 7.05. The molecule has 0 bridgehead atoms. The summed E-state index contributed by atoms with van der Waals surface area (Å²) in [5.41, 5.74) is 2.56. The Morgan fingerprint density at radius 1 is 1.44 bits per heavy atom. The van der Waals surface area contributed by atoms with Crippen molar-refractivity contribution in [3.8, 4) is 0 Å². The number of benzene rings is 1. The first-order valence-corrected chi connectivity index (χ1v) is 6.50. The molecule has 1 unspecified atom stereocenters. The van der Waals surface area contributed by atoms with Crippen molar-refractivity contribution in [1.29, 1.82) is 0 Å². The fraction of sp³-hybridized carbons (Fsp3) is 0.538. The molecule has 0 aliphatic rings. The predicted molar refractivity (Wildman–Crippen MR) is 71.7 cm³/mol. The third-order valence-electron chi connectivity index (χ3n) is 2.45. The number of aryl methyl sites for hydroxylation is 1. The number of ether oxygens (including phenoxy) is 1. The second-order valence-corrected chi connectivity index (χ2v) is 4.83. The number of hydrogen-bond acceptors (Lipinski definition) is 2. The summed E-state index contributed by atoms with van der Waals surface area (Å²) in [5.74, 6) is 0. The zero-order valence-corrected chi connectivity index (χ0v) is 11.8. The third kappa shape index (κ3) is 4.64. The molecule has 0 fully saturated rings. The molecule has 0 spiro atoms. The Kier molecular flexibility index (Phi) is 6.03. The largest absolute Gasteiger partial charge is 0.377 e. The molecule has 1 atom stereocenters. The van der Waals surface area contributed by atoms with Crippen LogP contribution in [0.1, 0.15) is 25.0 Å². The van der Waals surface area contributed by atoms with Crippen molar-refractivity contribution in [3.05, 3.63) is 33.8 Å². The first-order valence-electron chi connectivity index (χ1n) is 5.70. The van der Waals surface area contributed by atoms with Gasteiger partial charge in [0.1, 0.15) is 0 Å². The highest BCUT2D eigenvalue weighted by Gasteiger charge is 2.01. The van der Waals surface area contributed by atoms with E-state index in [0.29, 0.717) is 0 Å². The van der Waals surface area contributed by atoms with Gasteiger partial charge in [0.15, 0.2) is 0 Å². The summed E-state index contributed by atoms with van der Waals surface area (Å²) in [6.07, 6.45) is 0.277. The van der Waals surface area contributed by atoms with Crippen molar-refractivity contribution in [1.82, 2.24) is 5.32 Å². The number of hydrogen-bond donors (Lipinski definition) is 1. The quantitative estimate of drug-likeness (QED) is 0.866. The van der Waals surface area contributed by atoms with Gasteiger partial charge >= 0.3 is 0 Å². The van der Waals surface area contributed by atoms with Crippen molar-refractivity contribution < 1.29 is 4.74 Å². The van der Waals surface area contributed by atoms with Crippen molar-refractivity contribution in [3.63, 3.8) is 0 Å². The van der Waals surface area contributed by atoms with Crippen LogP contribution in [0, 0.1) is 6.92 Å². The third-order valence-corrected chi connectivity index (χ3v) is 3.30. The molecular weight excluding hydrogens is 266 g/mol. The van der Waals surface area contributed by atoms with Gasteiger partial charge in [-0.05, 0) is 38.0 Å². The maximum Gasteiger partial charge on any atom is 0.0671 e. The molecule has 90 valence electrons. The predicted octanol–water partition coefficient (Wildman–Crippen LogP) is 3.27. The lowest BCUT2D eigenvalue weighted by atomic mass is 10.1. The van der Waals surface area contributed by atoms with Crippen LogP contribution in [0.15, 0.2) is 22.7 Å². The lowest BCUT2D eigenvalue weighted by Gasteiger charge is -2.12. The first kappa shape index (κ1) is 13.7. The van der Waals surface area contributed by atoms with E-state index in [4.69, 9.17) is 4.74 Å². The van der Waals surface area contributed by atoms with E-state index in [-0.39, 0.29) is 6.10 Å². The van der Waals surface area contributed by atoms with E-state index >= 15 is 0 Å². The van der Waals surface area contributed by atoms with Crippen LogP contribution in [0.2, 0.25) is 0 Å². The minimum Gasteiger partial charge on any atom is -0.377 e. The Balaban J connectivity index is 2.34. The summed E-state index contributed by atoms with van der Waals surface area (Å²) >= 11 is 3.54. The molecule has 1 rings (SSSR count). The Labute approximate surface area is 107 Å². The molecule has 1 aromatic rings. The highest BCUT2D eigenvalue weighted by Crippen LogP contribution is 2.17. The molecule has 0 aliphatic carbocycles. The summed E-state index contributed by atoms with van der Waals surface area (Å²) in [5, 5.41) is 3.39. The van der Waals surface area contributed by atoms with Crippen LogP contribution in [-0.2, 0) is 11.3 Å². The molecule has 0 saturated carbocycles. The van der Waals surface area contributed by atoms with Crippen LogP contribution in [-0.4, -0.2) is 19.3 Å². The Hall–Kier alpha value is -0.380. The van der Waals surface area contributed by atoms with Crippen LogP contribution < -0.4 is 5.32 Å². The standard InChI is InChI=1S/C13H20BrNO/c1-4-16-11(3)8-15-9-12-6-5-10(2)13(14)7-12/h5-7,11,15H,4,8-9H2,1-3H3. The van der Waals surface area contributed by atoms with Crippen LogP contribution in [0.3, 0.4) is 0 Å². The van der Waals surface area contributed by atoms with Gasteiger partial charge in [0.05, 0.1) is 6.10 Å². The molecule has 0 aliphatic heterocycles. The van der Waals surface area contributed by atoms with Crippen molar-refractivity contribution in [2.24, 2.45) is 0 Å². The van der Waals surface area contributed by atoms with Gasteiger partial charge < -0.3 is 10.1 Å². The molecule has 16 heavy (non-hydrogen) atoms. The Morgan fingerprint density at radius 3 is 2.81 bits per heavy atom. The van der Waals surface area contributed by atoms with Gasteiger partial charge in [-0.3, -0.25) is 0 Å². The van der Waals surface area contributed by atoms with Crippen LogP contribution >= 0.6 is 15.9 Å². The molecule has 2 nitrogen and oxygen atoms in total. The van der Waals surface area contributed by atoms with Gasteiger partial charge in [0, 0.05) is 24.2 Å². The van der Waals surface area contributed by atoms with E-state index in [0.717, 1.165) is 19.7 Å². The van der Waals surface area contributed by atoms with E-state index in [2.05, 4.69) is 53.3 Å². The molecule has 1 N–H and O–H groups in total. The zero-order chi connectivity index (χ0) is 12.0. The van der Waals surface area contributed by atoms with Crippen molar-refractivity contribution in [2.75, 3.05) is 13.2 Å². The maximum atomic E-state index is 5.45. The van der Waals surface area contributed by atoms with Crippen LogP contribution in [0.4, 0.5) is 0 Å². The van der Waals surface area contributed by atoms with E-state index in [1.165, 1.54) is 15.6 Å². The van der Waals surface area contributed by atoms with Crippen LogP contribution in [0.25, 0.3) is 0 Å². The molecule has 1 aromatic carbocycles. The smallest absolute Gasteiger partial charge is 0.0671 e. The average Bonchev–Trinajstić information content (AvgIpc) is 2.24. The molecular formula is C13H20BrNO. The molecule has 0 heterocycles. The second-order valence-electron chi connectivity index (χ2n) is 3.98. The zero-order valence-electron chi connectivity index (χ0n) is 10.2. The van der Waals surface area contributed by atoms with Crippen LogP contribution in [0.5, 0.6) is 0 Å². The monoisotopic (exact) mass is 285 g/mol. The summed E-state index contributed by atoms with van der Waals surface area (Å²) in [6.45, 7) is 8.75. The number of halogens is 1. The summed E-state index contributed by atoms with van der Waals surface area (Å²) in [4.78, 5) is 0. The highest BCUT2D eigenvalue weighted by molar-refractivity contribution is 9.10. The summed E-state index contributed by atoms with van der Waals surface area (Å²) < 4.78 is 6.62. The number of rotatable bonds is 6.